The first-order valence-electron chi connectivity index (χ1n) is 5.40. The van der Waals surface area contributed by atoms with Gasteiger partial charge in [0, 0.05) is 12.4 Å². The molecule has 2 rings (SSSR count). The molecular formula is C12H16N2O. The molecule has 0 spiro atoms. The van der Waals surface area contributed by atoms with E-state index in [2.05, 4.69) is 4.98 Å². The van der Waals surface area contributed by atoms with Crippen molar-refractivity contribution in [1.29, 1.82) is 0 Å². The maximum absolute atomic E-state index is 9.46. The number of aliphatic hydroxyl groups is 1. The van der Waals surface area contributed by atoms with Crippen LogP contribution >= 0.6 is 0 Å². The van der Waals surface area contributed by atoms with Gasteiger partial charge in [-0.25, -0.2) is 4.98 Å². The monoisotopic (exact) mass is 204 g/mol. The lowest BCUT2D eigenvalue weighted by Crippen LogP contribution is -2.05. The lowest BCUT2D eigenvalue weighted by atomic mass is 10.1. The Hall–Kier alpha value is -1.35. The number of imidazole rings is 1. The van der Waals surface area contributed by atoms with Crippen molar-refractivity contribution in [2.75, 3.05) is 0 Å². The van der Waals surface area contributed by atoms with Gasteiger partial charge in [-0.1, -0.05) is 13.0 Å². The highest BCUT2D eigenvalue weighted by molar-refractivity contribution is 5.39. The van der Waals surface area contributed by atoms with E-state index in [1.165, 1.54) is 0 Å². The second-order valence-electron chi connectivity index (χ2n) is 3.80. The van der Waals surface area contributed by atoms with Gasteiger partial charge in [0.25, 0.3) is 0 Å². The highest BCUT2D eigenvalue weighted by Crippen LogP contribution is 2.08. The summed E-state index contributed by atoms with van der Waals surface area (Å²) >= 11 is 0. The fourth-order valence-corrected chi connectivity index (χ4v) is 1.63. The van der Waals surface area contributed by atoms with Gasteiger partial charge in [-0.3, -0.25) is 0 Å². The number of fused-ring (bicyclic) bond motifs is 1. The molecule has 0 aliphatic heterocycles. The average Bonchev–Trinajstić information content (AvgIpc) is 2.68. The van der Waals surface area contributed by atoms with Crippen LogP contribution in [0.25, 0.3) is 5.65 Å². The van der Waals surface area contributed by atoms with E-state index < -0.39 is 0 Å². The Morgan fingerprint density at radius 3 is 3.07 bits per heavy atom. The van der Waals surface area contributed by atoms with Gasteiger partial charge in [-0.05, 0) is 31.4 Å². The first kappa shape index (κ1) is 10.2. The fourth-order valence-electron chi connectivity index (χ4n) is 1.63. The van der Waals surface area contributed by atoms with Crippen molar-refractivity contribution in [3.05, 3.63) is 36.3 Å². The molecule has 3 nitrogen and oxygen atoms in total. The summed E-state index contributed by atoms with van der Waals surface area (Å²) in [5, 5.41) is 9.46. The zero-order chi connectivity index (χ0) is 10.7. The molecule has 0 aliphatic carbocycles. The molecule has 2 aromatic heterocycles. The fraction of sp³-hybridized carbons (Fsp3) is 0.417. The molecule has 0 radical (unpaired) electrons. The molecule has 0 amide bonds. The maximum Gasteiger partial charge on any atom is 0.136 e. The average molecular weight is 204 g/mol. The smallest absolute Gasteiger partial charge is 0.136 e. The van der Waals surface area contributed by atoms with Gasteiger partial charge in [-0.15, -0.1) is 0 Å². The highest BCUT2D eigenvalue weighted by atomic mass is 16.3. The molecular weight excluding hydrogens is 188 g/mol. The zero-order valence-corrected chi connectivity index (χ0v) is 8.93. The molecule has 15 heavy (non-hydrogen) atoms. The van der Waals surface area contributed by atoms with Crippen molar-refractivity contribution in [3.8, 4) is 0 Å². The molecule has 1 N–H and O–H groups in total. The lowest BCUT2D eigenvalue weighted by molar-refractivity contribution is 0.160. The van der Waals surface area contributed by atoms with Crippen LogP contribution in [0.2, 0.25) is 0 Å². The summed E-state index contributed by atoms with van der Waals surface area (Å²) in [6, 6.07) is 5.95. The van der Waals surface area contributed by atoms with Crippen LogP contribution in [0.4, 0.5) is 0 Å². The summed E-state index contributed by atoms with van der Waals surface area (Å²) in [6.07, 6.45) is 6.26. The normalized spacial score (nSPS) is 13.2. The van der Waals surface area contributed by atoms with Gasteiger partial charge in [0.1, 0.15) is 5.65 Å². The van der Waals surface area contributed by atoms with Crippen LogP contribution in [0.5, 0.6) is 0 Å². The van der Waals surface area contributed by atoms with Gasteiger partial charge in [0.15, 0.2) is 0 Å². The number of rotatable bonds is 4. The van der Waals surface area contributed by atoms with Crippen LogP contribution in [0, 0.1) is 0 Å². The summed E-state index contributed by atoms with van der Waals surface area (Å²) in [5.41, 5.74) is 2.02. The topological polar surface area (TPSA) is 37.5 Å². The summed E-state index contributed by atoms with van der Waals surface area (Å²) in [7, 11) is 0. The van der Waals surface area contributed by atoms with E-state index in [0.717, 1.165) is 30.6 Å². The van der Waals surface area contributed by atoms with Gasteiger partial charge in [0.05, 0.1) is 11.8 Å². The van der Waals surface area contributed by atoms with Crippen molar-refractivity contribution in [2.24, 2.45) is 0 Å². The summed E-state index contributed by atoms with van der Waals surface area (Å²) in [6.45, 7) is 1.99. The first-order valence-corrected chi connectivity index (χ1v) is 5.40. The molecule has 1 atom stereocenters. The number of hydrogen-bond acceptors (Lipinski definition) is 2. The number of aliphatic hydroxyl groups excluding tert-OH is 1. The van der Waals surface area contributed by atoms with Crippen LogP contribution in [-0.4, -0.2) is 20.6 Å². The van der Waals surface area contributed by atoms with Crippen LogP contribution in [0.1, 0.15) is 25.5 Å². The van der Waals surface area contributed by atoms with Crippen molar-refractivity contribution in [3.63, 3.8) is 0 Å². The standard InChI is InChI=1S/C12H16N2O/c1-2-11(15)7-6-10-9-14-8-4-3-5-12(14)13-10/h3-5,8-9,11,15H,2,6-7H2,1H3. The molecule has 0 bridgehead atoms. The molecule has 1 unspecified atom stereocenters. The molecule has 3 heteroatoms. The van der Waals surface area contributed by atoms with E-state index in [9.17, 15) is 5.11 Å². The molecule has 2 heterocycles. The molecule has 0 saturated heterocycles. The SMILES string of the molecule is CCC(O)CCc1cn2ccccc2n1. The summed E-state index contributed by atoms with van der Waals surface area (Å²) in [4.78, 5) is 4.47. The maximum atomic E-state index is 9.46. The zero-order valence-electron chi connectivity index (χ0n) is 8.93. The molecule has 0 saturated carbocycles. The second-order valence-corrected chi connectivity index (χ2v) is 3.80. The van der Waals surface area contributed by atoms with E-state index in [1.54, 1.807) is 0 Å². The molecule has 80 valence electrons. The molecule has 2 aromatic rings. The Balaban J connectivity index is 2.09. The third kappa shape index (κ3) is 2.36. The van der Waals surface area contributed by atoms with E-state index in [4.69, 9.17) is 0 Å². The van der Waals surface area contributed by atoms with Crippen LogP contribution in [0.15, 0.2) is 30.6 Å². The first-order chi connectivity index (χ1) is 7.29. The lowest BCUT2D eigenvalue weighted by Gasteiger charge is -2.04. The molecule has 0 fully saturated rings. The quantitative estimate of drug-likeness (QED) is 0.827. The van der Waals surface area contributed by atoms with Crippen molar-refractivity contribution >= 4 is 5.65 Å². The van der Waals surface area contributed by atoms with Gasteiger partial charge in [0.2, 0.25) is 0 Å². The van der Waals surface area contributed by atoms with Crippen LogP contribution < -0.4 is 0 Å². The predicted molar refractivity (Wildman–Crippen MR) is 59.8 cm³/mol. The summed E-state index contributed by atoms with van der Waals surface area (Å²) in [5.74, 6) is 0. The Bertz CT molecular complexity index is 403. The van der Waals surface area contributed by atoms with E-state index >= 15 is 0 Å². The van der Waals surface area contributed by atoms with Gasteiger partial charge < -0.3 is 9.51 Å². The minimum absolute atomic E-state index is 0.199. The Morgan fingerprint density at radius 1 is 1.47 bits per heavy atom. The Morgan fingerprint density at radius 2 is 2.33 bits per heavy atom. The van der Waals surface area contributed by atoms with Gasteiger partial charge >= 0.3 is 0 Å². The van der Waals surface area contributed by atoms with Crippen molar-refractivity contribution in [2.45, 2.75) is 32.3 Å². The van der Waals surface area contributed by atoms with Gasteiger partial charge in [-0.2, -0.15) is 0 Å². The third-order valence-electron chi connectivity index (χ3n) is 2.62. The minimum atomic E-state index is -0.199. The van der Waals surface area contributed by atoms with E-state index in [0.29, 0.717) is 0 Å². The Labute approximate surface area is 89.4 Å². The van der Waals surface area contributed by atoms with E-state index in [1.807, 2.05) is 41.9 Å². The van der Waals surface area contributed by atoms with Crippen LogP contribution in [0.3, 0.4) is 0 Å². The Kier molecular flexibility index (Phi) is 3.02. The number of aryl methyl sites for hydroxylation is 1. The summed E-state index contributed by atoms with van der Waals surface area (Å²) < 4.78 is 2.01. The van der Waals surface area contributed by atoms with Crippen molar-refractivity contribution < 1.29 is 5.11 Å². The second kappa shape index (κ2) is 4.45. The predicted octanol–water partition coefficient (Wildman–Crippen LogP) is 2.04. The van der Waals surface area contributed by atoms with Crippen molar-refractivity contribution in [1.82, 2.24) is 9.38 Å². The number of hydrogen-bond donors (Lipinski definition) is 1. The van der Waals surface area contributed by atoms with Crippen LogP contribution in [-0.2, 0) is 6.42 Å². The third-order valence-corrected chi connectivity index (χ3v) is 2.62. The molecule has 0 aliphatic rings. The van der Waals surface area contributed by atoms with E-state index in [-0.39, 0.29) is 6.10 Å². The molecule has 0 aromatic carbocycles. The number of aromatic nitrogens is 2. The highest BCUT2D eigenvalue weighted by Gasteiger charge is 2.04. The number of nitrogens with zero attached hydrogens (tertiary/aromatic N) is 2. The minimum Gasteiger partial charge on any atom is -0.393 e. The number of pyridine rings is 1. The largest absolute Gasteiger partial charge is 0.393 e.